The second kappa shape index (κ2) is 2.96. The number of nitrogens with two attached hydrogens (primary N) is 1. The number of hydrogen-bond acceptors (Lipinski definition) is 3. The van der Waals surface area contributed by atoms with E-state index in [9.17, 15) is 0 Å². The van der Waals surface area contributed by atoms with Crippen LogP contribution in [0.4, 0.5) is 5.82 Å². The van der Waals surface area contributed by atoms with Crippen LogP contribution in [-0.4, -0.2) is 9.97 Å². The molecule has 3 heteroatoms. The zero-order valence-corrected chi connectivity index (χ0v) is 5.62. The quantitative estimate of drug-likeness (QED) is 0.610. The molecule has 0 saturated heterocycles. The Hall–Kier alpha value is -1.38. The summed E-state index contributed by atoms with van der Waals surface area (Å²) >= 11 is 0. The topological polar surface area (TPSA) is 51.8 Å². The second-order valence-electron chi connectivity index (χ2n) is 1.93. The number of allylic oxidation sites excluding steroid dienone is 1. The largest absolute Gasteiger partial charge is 0.382 e. The summed E-state index contributed by atoms with van der Waals surface area (Å²) in [5.74, 6) is 0.452. The summed E-state index contributed by atoms with van der Waals surface area (Å²) in [5, 5.41) is 0. The van der Waals surface area contributed by atoms with Gasteiger partial charge >= 0.3 is 0 Å². The van der Waals surface area contributed by atoms with Crippen LogP contribution in [0.3, 0.4) is 0 Å². The maximum Gasteiger partial charge on any atom is 0.141 e. The first kappa shape index (κ1) is 6.74. The lowest BCUT2D eigenvalue weighted by Gasteiger charge is -1.93. The Morgan fingerprint density at radius 1 is 1.50 bits per heavy atom. The summed E-state index contributed by atoms with van der Waals surface area (Å²) in [4.78, 5) is 7.87. The van der Waals surface area contributed by atoms with Crippen molar-refractivity contribution in [3.63, 3.8) is 0 Å². The van der Waals surface area contributed by atoms with Crippen molar-refractivity contribution in [3.8, 4) is 0 Å². The summed E-state index contributed by atoms with van der Waals surface area (Å²) in [6.45, 7) is 3.58. The van der Waals surface area contributed by atoms with Gasteiger partial charge in [-0.25, -0.2) is 4.98 Å². The molecule has 10 heavy (non-hydrogen) atoms. The van der Waals surface area contributed by atoms with E-state index >= 15 is 0 Å². The fourth-order valence-corrected chi connectivity index (χ4v) is 0.618. The van der Waals surface area contributed by atoms with Crippen LogP contribution in [0, 0.1) is 0 Å². The van der Waals surface area contributed by atoms with Gasteiger partial charge in [-0.15, -0.1) is 6.58 Å². The fourth-order valence-electron chi connectivity index (χ4n) is 0.618. The van der Waals surface area contributed by atoms with E-state index in [-0.39, 0.29) is 0 Å². The highest BCUT2D eigenvalue weighted by molar-refractivity contribution is 5.23. The molecule has 0 amide bonds. The van der Waals surface area contributed by atoms with Crippen LogP contribution in [0.2, 0.25) is 0 Å². The maximum absolute atomic E-state index is 5.32. The molecular formula is C7H9N3. The first-order valence-corrected chi connectivity index (χ1v) is 3.00. The highest BCUT2D eigenvalue weighted by Crippen LogP contribution is 1.96. The van der Waals surface area contributed by atoms with E-state index < -0.39 is 0 Å². The highest BCUT2D eigenvalue weighted by Gasteiger charge is 1.89. The highest BCUT2D eigenvalue weighted by atomic mass is 14.9. The van der Waals surface area contributed by atoms with Gasteiger partial charge in [0.05, 0.1) is 18.1 Å². The van der Waals surface area contributed by atoms with Gasteiger partial charge in [0.1, 0.15) is 5.82 Å². The van der Waals surface area contributed by atoms with Crippen LogP contribution < -0.4 is 5.73 Å². The predicted molar refractivity (Wildman–Crippen MR) is 40.3 cm³/mol. The van der Waals surface area contributed by atoms with Gasteiger partial charge in [-0.3, -0.25) is 4.98 Å². The molecule has 1 aromatic rings. The lowest BCUT2D eigenvalue weighted by atomic mass is 10.3. The van der Waals surface area contributed by atoms with Crippen LogP contribution in [0.5, 0.6) is 0 Å². The van der Waals surface area contributed by atoms with Gasteiger partial charge in [-0.2, -0.15) is 0 Å². The third kappa shape index (κ3) is 1.55. The van der Waals surface area contributed by atoms with Crippen molar-refractivity contribution in [2.75, 3.05) is 5.73 Å². The molecule has 0 saturated carbocycles. The third-order valence-electron chi connectivity index (χ3n) is 1.08. The average Bonchev–Trinajstić information content (AvgIpc) is 1.95. The second-order valence-corrected chi connectivity index (χ2v) is 1.93. The smallest absolute Gasteiger partial charge is 0.141 e. The zero-order valence-electron chi connectivity index (χ0n) is 5.62. The fraction of sp³-hybridized carbons (Fsp3) is 0.143. The molecule has 0 atom stereocenters. The van der Waals surface area contributed by atoms with Gasteiger partial charge in [0.15, 0.2) is 0 Å². The molecule has 1 heterocycles. The molecule has 52 valence electrons. The van der Waals surface area contributed by atoms with E-state index in [2.05, 4.69) is 16.5 Å². The van der Waals surface area contributed by atoms with E-state index in [0.29, 0.717) is 5.82 Å². The van der Waals surface area contributed by atoms with Gasteiger partial charge in [-0.1, -0.05) is 6.08 Å². The number of hydrogen-bond donors (Lipinski definition) is 1. The molecule has 0 aromatic carbocycles. The minimum atomic E-state index is 0.452. The Morgan fingerprint density at radius 2 is 2.30 bits per heavy atom. The average molecular weight is 135 g/mol. The molecule has 0 unspecified atom stereocenters. The first-order chi connectivity index (χ1) is 4.83. The monoisotopic (exact) mass is 135 g/mol. The molecule has 0 fully saturated rings. The number of rotatable bonds is 2. The van der Waals surface area contributed by atoms with E-state index in [1.54, 1.807) is 18.5 Å². The molecule has 1 rings (SSSR count). The molecule has 0 radical (unpaired) electrons. The molecule has 0 aliphatic heterocycles. The lowest BCUT2D eigenvalue weighted by molar-refractivity contribution is 1.06. The number of nitrogen functional groups attached to an aromatic ring is 1. The summed E-state index contributed by atoms with van der Waals surface area (Å²) in [7, 11) is 0. The molecule has 0 bridgehead atoms. The number of anilines is 1. The van der Waals surface area contributed by atoms with Gasteiger partial charge in [-0.05, 0) is 0 Å². The zero-order chi connectivity index (χ0) is 7.40. The normalized spacial score (nSPS) is 9.20. The third-order valence-corrected chi connectivity index (χ3v) is 1.08. The van der Waals surface area contributed by atoms with E-state index in [1.165, 1.54) is 0 Å². The molecule has 3 nitrogen and oxygen atoms in total. The standard InChI is InChI=1S/C7H9N3/c1-2-3-6-4-10-7(8)5-9-6/h2,4-5H,1,3H2,(H2,8,10). The van der Waals surface area contributed by atoms with Crippen molar-refractivity contribution in [1.82, 2.24) is 9.97 Å². The maximum atomic E-state index is 5.32. The van der Waals surface area contributed by atoms with Crippen molar-refractivity contribution in [2.45, 2.75) is 6.42 Å². The van der Waals surface area contributed by atoms with E-state index in [0.717, 1.165) is 12.1 Å². The van der Waals surface area contributed by atoms with Crippen LogP contribution in [-0.2, 0) is 6.42 Å². The molecule has 1 aromatic heterocycles. The van der Waals surface area contributed by atoms with Gasteiger partial charge < -0.3 is 5.73 Å². The van der Waals surface area contributed by atoms with Crippen molar-refractivity contribution in [3.05, 3.63) is 30.7 Å². The SMILES string of the molecule is C=CCc1cnc(N)cn1. The Morgan fingerprint density at radius 3 is 2.80 bits per heavy atom. The van der Waals surface area contributed by atoms with Crippen LogP contribution in [0.1, 0.15) is 5.69 Å². The predicted octanol–water partition coefficient (Wildman–Crippen LogP) is 0.787. The molecular weight excluding hydrogens is 126 g/mol. The summed E-state index contributed by atoms with van der Waals surface area (Å²) in [6, 6.07) is 0. The van der Waals surface area contributed by atoms with Gasteiger partial charge in [0.25, 0.3) is 0 Å². The molecule has 0 spiro atoms. The summed E-state index contributed by atoms with van der Waals surface area (Å²) < 4.78 is 0. The minimum absolute atomic E-state index is 0.452. The van der Waals surface area contributed by atoms with Crippen LogP contribution in [0.15, 0.2) is 25.0 Å². The van der Waals surface area contributed by atoms with E-state index in [4.69, 9.17) is 5.73 Å². The van der Waals surface area contributed by atoms with Crippen molar-refractivity contribution in [2.24, 2.45) is 0 Å². The van der Waals surface area contributed by atoms with E-state index in [1.807, 2.05) is 0 Å². The Bertz CT molecular complexity index is 215. The van der Waals surface area contributed by atoms with Gasteiger partial charge in [0.2, 0.25) is 0 Å². The lowest BCUT2D eigenvalue weighted by Crippen LogP contribution is -1.94. The van der Waals surface area contributed by atoms with Crippen LogP contribution in [0.25, 0.3) is 0 Å². The summed E-state index contributed by atoms with van der Waals surface area (Å²) in [6.07, 6.45) is 5.71. The molecule has 0 aliphatic carbocycles. The van der Waals surface area contributed by atoms with Crippen molar-refractivity contribution >= 4 is 5.82 Å². The Labute approximate surface area is 59.6 Å². The van der Waals surface area contributed by atoms with Crippen molar-refractivity contribution in [1.29, 1.82) is 0 Å². The van der Waals surface area contributed by atoms with Crippen molar-refractivity contribution < 1.29 is 0 Å². The molecule has 2 N–H and O–H groups in total. The number of nitrogens with zero attached hydrogens (tertiary/aromatic N) is 2. The minimum Gasteiger partial charge on any atom is -0.382 e. The Balaban J connectivity index is 2.78. The first-order valence-electron chi connectivity index (χ1n) is 3.00. The summed E-state index contributed by atoms with van der Waals surface area (Å²) in [5.41, 5.74) is 6.22. The Kier molecular flexibility index (Phi) is 1.99. The number of aromatic nitrogens is 2. The molecule has 0 aliphatic rings. The van der Waals surface area contributed by atoms with Gasteiger partial charge in [0, 0.05) is 6.42 Å². The van der Waals surface area contributed by atoms with Crippen LogP contribution >= 0.6 is 0 Å².